The van der Waals surface area contributed by atoms with Gasteiger partial charge in [0.15, 0.2) is 0 Å². The number of amides is 1. The number of hydrogen-bond acceptors (Lipinski definition) is 5. The quantitative estimate of drug-likeness (QED) is 0.714. The lowest BCUT2D eigenvalue weighted by Crippen LogP contribution is -2.47. The maximum atomic E-state index is 12.7. The van der Waals surface area contributed by atoms with Crippen molar-refractivity contribution in [3.8, 4) is 5.69 Å². The first-order valence-electron chi connectivity index (χ1n) is 9.27. The molecule has 2 N–H and O–H groups in total. The van der Waals surface area contributed by atoms with Crippen LogP contribution in [0.4, 0.5) is 11.4 Å². The second-order valence-corrected chi connectivity index (χ2v) is 7.16. The Balaban J connectivity index is 1.49. The van der Waals surface area contributed by atoms with Gasteiger partial charge in [0, 0.05) is 37.4 Å². The molecule has 0 saturated carbocycles. The van der Waals surface area contributed by atoms with Crippen LogP contribution in [-0.4, -0.2) is 41.9 Å². The zero-order valence-corrected chi connectivity index (χ0v) is 16.4. The first kappa shape index (κ1) is 19.0. The number of anilines is 2. The first-order chi connectivity index (χ1) is 14.0. The molecule has 1 aromatic heterocycles. The van der Waals surface area contributed by atoms with Crippen LogP contribution in [0.3, 0.4) is 0 Å². The predicted octanol–water partition coefficient (Wildman–Crippen LogP) is 2.31. The van der Waals surface area contributed by atoms with Crippen LogP contribution in [0.5, 0.6) is 0 Å². The topological polar surface area (TPSA) is 84.5 Å². The van der Waals surface area contributed by atoms with Crippen LogP contribution in [0, 0.1) is 0 Å². The number of nitrogens with two attached hydrogens (primary N) is 1. The highest BCUT2D eigenvalue weighted by atomic mass is 35.5. The second-order valence-electron chi connectivity index (χ2n) is 6.78. The molecule has 148 valence electrons. The molecule has 2 aromatic carbocycles. The summed E-state index contributed by atoms with van der Waals surface area (Å²) in [4.78, 5) is 28.2. The molecule has 0 aliphatic carbocycles. The lowest BCUT2D eigenvalue weighted by Gasteiger charge is -2.37. The van der Waals surface area contributed by atoms with E-state index in [1.165, 1.54) is 4.68 Å². The highest BCUT2D eigenvalue weighted by molar-refractivity contribution is 6.33. The Kier molecular flexibility index (Phi) is 5.22. The van der Waals surface area contributed by atoms with E-state index in [4.69, 9.17) is 17.3 Å². The van der Waals surface area contributed by atoms with E-state index in [0.717, 1.165) is 18.8 Å². The van der Waals surface area contributed by atoms with Gasteiger partial charge in [-0.3, -0.25) is 9.59 Å². The van der Waals surface area contributed by atoms with Crippen LogP contribution in [0.25, 0.3) is 5.69 Å². The summed E-state index contributed by atoms with van der Waals surface area (Å²) in [7, 11) is 0. The standard InChI is InChI=1S/C21H20ClN5O2/c22-19-18(14-24-27(21(19)29)17-4-2-1-3-5-17)26-12-10-25(11-13-26)16-8-6-15(7-9-16)20(23)28/h1-9,14H,10-13H2,(H2,23,28). The fourth-order valence-corrected chi connectivity index (χ4v) is 3.69. The fourth-order valence-electron chi connectivity index (χ4n) is 3.44. The Morgan fingerprint density at radius 2 is 1.52 bits per heavy atom. The molecule has 4 rings (SSSR count). The van der Waals surface area contributed by atoms with Crippen molar-refractivity contribution in [2.24, 2.45) is 5.73 Å². The Labute approximate surface area is 172 Å². The summed E-state index contributed by atoms with van der Waals surface area (Å²) in [5.41, 5.74) is 7.80. The first-order valence-corrected chi connectivity index (χ1v) is 9.65. The third-order valence-corrected chi connectivity index (χ3v) is 5.39. The van der Waals surface area contributed by atoms with E-state index < -0.39 is 5.91 Å². The van der Waals surface area contributed by atoms with Crippen molar-refractivity contribution in [3.05, 3.63) is 81.7 Å². The number of benzene rings is 2. The van der Waals surface area contributed by atoms with Crippen molar-refractivity contribution in [3.63, 3.8) is 0 Å². The van der Waals surface area contributed by atoms with E-state index in [-0.39, 0.29) is 10.6 Å². The lowest BCUT2D eigenvalue weighted by atomic mass is 10.1. The number of hydrogen-bond donors (Lipinski definition) is 1. The minimum Gasteiger partial charge on any atom is -0.368 e. The summed E-state index contributed by atoms with van der Waals surface area (Å²) >= 11 is 6.41. The molecule has 2 heterocycles. The molecule has 29 heavy (non-hydrogen) atoms. The van der Waals surface area contributed by atoms with E-state index in [0.29, 0.717) is 30.0 Å². The minimum absolute atomic E-state index is 0.170. The van der Waals surface area contributed by atoms with Crippen molar-refractivity contribution in [2.45, 2.75) is 0 Å². The number of para-hydroxylation sites is 1. The Bertz CT molecular complexity index is 1070. The molecule has 1 aliphatic rings. The zero-order chi connectivity index (χ0) is 20.4. The van der Waals surface area contributed by atoms with Crippen LogP contribution in [-0.2, 0) is 0 Å². The molecule has 0 unspecified atom stereocenters. The van der Waals surface area contributed by atoms with Crippen molar-refractivity contribution in [2.75, 3.05) is 36.0 Å². The number of rotatable bonds is 4. The average molecular weight is 410 g/mol. The smallest absolute Gasteiger partial charge is 0.292 e. The molecule has 0 atom stereocenters. The molecule has 0 spiro atoms. The average Bonchev–Trinajstić information content (AvgIpc) is 2.76. The van der Waals surface area contributed by atoms with E-state index in [1.807, 2.05) is 42.5 Å². The van der Waals surface area contributed by atoms with Gasteiger partial charge < -0.3 is 15.5 Å². The Hall–Kier alpha value is -3.32. The molecule has 1 aliphatic heterocycles. The van der Waals surface area contributed by atoms with Gasteiger partial charge >= 0.3 is 0 Å². The van der Waals surface area contributed by atoms with Crippen molar-refractivity contribution in [1.29, 1.82) is 0 Å². The highest BCUT2D eigenvalue weighted by Gasteiger charge is 2.22. The Morgan fingerprint density at radius 1 is 0.897 bits per heavy atom. The fraction of sp³-hybridized carbons (Fsp3) is 0.190. The van der Waals surface area contributed by atoms with Gasteiger partial charge in [-0.15, -0.1) is 0 Å². The van der Waals surface area contributed by atoms with Crippen molar-refractivity contribution in [1.82, 2.24) is 9.78 Å². The number of primary amides is 1. The number of aromatic nitrogens is 2. The van der Waals surface area contributed by atoms with Crippen LogP contribution in [0.1, 0.15) is 10.4 Å². The summed E-state index contributed by atoms with van der Waals surface area (Å²) < 4.78 is 1.31. The molecule has 0 bridgehead atoms. The molecule has 0 radical (unpaired) electrons. The normalized spacial score (nSPS) is 14.1. The van der Waals surface area contributed by atoms with E-state index in [2.05, 4.69) is 14.9 Å². The third kappa shape index (κ3) is 3.82. The number of nitrogens with zero attached hydrogens (tertiary/aromatic N) is 4. The van der Waals surface area contributed by atoms with Gasteiger partial charge in [0.25, 0.3) is 5.56 Å². The van der Waals surface area contributed by atoms with E-state index >= 15 is 0 Å². The molecule has 3 aromatic rings. The number of carbonyl (C=O) groups excluding carboxylic acids is 1. The minimum atomic E-state index is -0.436. The van der Waals surface area contributed by atoms with Crippen LogP contribution >= 0.6 is 11.6 Å². The highest BCUT2D eigenvalue weighted by Crippen LogP contribution is 2.25. The lowest BCUT2D eigenvalue weighted by molar-refractivity contribution is 0.100. The zero-order valence-electron chi connectivity index (χ0n) is 15.7. The molecular weight excluding hydrogens is 390 g/mol. The van der Waals surface area contributed by atoms with Gasteiger partial charge in [-0.2, -0.15) is 9.78 Å². The maximum absolute atomic E-state index is 12.7. The summed E-state index contributed by atoms with van der Waals surface area (Å²) in [6.45, 7) is 2.92. The summed E-state index contributed by atoms with van der Waals surface area (Å²) in [6, 6.07) is 16.4. The molecule has 1 saturated heterocycles. The maximum Gasteiger partial charge on any atom is 0.292 e. The van der Waals surface area contributed by atoms with Crippen LogP contribution in [0.2, 0.25) is 5.02 Å². The van der Waals surface area contributed by atoms with Crippen molar-refractivity contribution < 1.29 is 4.79 Å². The van der Waals surface area contributed by atoms with Gasteiger partial charge in [0.05, 0.1) is 17.6 Å². The van der Waals surface area contributed by atoms with Crippen LogP contribution in [0.15, 0.2) is 65.6 Å². The van der Waals surface area contributed by atoms with Gasteiger partial charge in [-0.1, -0.05) is 29.8 Å². The summed E-state index contributed by atoms with van der Waals surface area (Å²) in [6.07, 6.45) is 1.65. The monoisotopic (exact) mass is 409 g/mol. The predicted molar refractivity (Wildman–Crippen MR) is 114 cm³/mol. The van der Waals surface area contributed by atoms with Crippen LogP contribution < -0.4 is 21.1 Å². The van der Waals surface area contributed by atoms with Crippen molar-refractivity contribution >= 4 is 28.9 Å². The molecule has 1 amide bonds. The van der Waals surface area contributed by atoms with Gasteiger partial charge in [-0.25, -0.2) is 0 Å². The van der Waals surface area contributed by atoms with Gasteiger partial charge in [0.1, 0.15) is 5.02 Å². The number of halogens is 1. The SMILES string of the molecule is NC(=O)c1ccc(N2CCN(c3cnn(-c4ccccc4)c(=O)c3Cl)CC2)cc1. The van der Waals surface area contributed by atoms with Gasteiger partial charge in [0.2, 0.25) is 5.91 Å². The number of piperazine rings is 1. The van der Waals surface area contributed by atoms with E-state index in [1.54, 1.807) is 18.3 Å². The summed E-state index contributed by atoms with van der Waals surface area (Å²) in [5, 5.41) is 4.48. The number of carbonyl (C=O) groups is 1. The third-order valence-electron chi connectivity index (χ3n) is 5.04. The largest absolute Gasteiger partial charge is 0.368 e. The molecule has 1 fully saturated rings. The molecule has 8 heteroatoms. The Morgan fingerprint density at radius 3 is 2.14 bits per heavy atom. The molecular formula is C21H20ClN5O2. The second kappa shape index (κ2) is 7.97. The summed E-state index contributed by atoms with van der Waals surface area (Å²) in [5.74, 6) is -0.436. The molecule has 7 nitrogen and oxygen atoms in total. The van der Waals surface area contributed by atoms with Gasteiger partial charge in [-0.05, 0) is 36.4 Å². The van der Waals surface area contributed by atoms with E-state index in [9.17, 15) is 9.59 Å².